The fourth-order valence-electron chi connectivity index (χ4n) is 6.67. The van der Waals surface area contributed by atoms with Crippen molar-refractivity contribution in [3.63, 3.8) is 0 Å². The summed E-state index contributed by atoms with van der Waals surface area (Å²) in [6, 6.07) is -0.109. The normalized spacial score (nSPS) is 51.2. The van der Waals surface area contributed by atoms with Crippen molar-refractivity contribution >= 4 is 11.9 Å². The van der Waals surface area contributed by atoms with E-state index in [0.717, 1.165) is 50.0 Å². The van der Waals surface area contributed by atoms with Crippen LogP contribution in [0.25, 0.3) is 0 Å². The van der Waals surface area contributed by atoms with Crippen LogP contribution in [0, 0.1) is 23.7 Å². The average Bonchev–Trinajstić information content (AvgIpc) is 2.89. The van der Waals surface area contributed by atoms with Crippen LogP contribution in [-0.2, 0) is 4.79 Å². The Balaban J connectivity index is 1.53. The summed E-state index contributed by atoms with van der Waals surface area (Å²) < 4.78 is 0. The third-order valence-electron chi connectivity index (χ3n) is 7.09. The summed E-state index contributed by atoms with van der Waals surface area (Å²) in [6.07, 6.45) is 8.29. The molecule has 0 aromatic rings. The minimum absolute atomic E-state index is 0.0382. The zero-order chi connectivity index (χ0) is 14.4. The van der Waals surface area contributed by atoms with E-state index >= 15 is 0 Å². The molecule has 0 radical (unpaired) electrons. The van der Waals surface area contributed by atoms with Gasteiger partial charge in [-0.1, -0.05) is 6.92 Å². The summed E-state index contributed by atoms with van der Waals surface area (Å²) in [6.45, 7) is 2.90. The second-order valence-electron chi connectivity index (χ2n) is 8.50. The van der Waals surface area contributed by atoms with E-state index in [1.54, 1.807) is 4.90 Å². The van der Waals surface area contributed by atoms with Crippen molar-refractivity contribution < 1.29 is 9.59 Å². The van der Waals surface area contributed by atoms with Gasteiger partial charge in [-0.15, -0.1) is 0 Å². The van der Waals surface area contributed by atoms with Crippen LogP contribution in [0.2, 0.25) is 0 Å². The minimum Gasteiger partial charge on any atom is -0.312 e. The Morgan fingerprint density at radius 3 is 2.10 bits per heavy atom. The number of hydrogen-bond acceptors (Lipinski definition) is 2. The third kappa shape index (κ3) is 1.46. The van der Waals surface area contributed by atoms with Crippen LogP contribution < -0.4 is 0 Å². The summed E-state index contributed by atoms with van der Waals surface area (Å²) in [5.41, 5.74) is -0.104. The van der Waals surface area contributed by atoms with Gasteiger partial charge in [-0.3, -0.25) is 9.69 Å². The molecule has 4 saturated carbocycles. The van der Waals surface area contributed by atoms with Crippen molar-refractivity contribution in [1.82, 2.24) is 9.80 Å². The Morgan fingerprint density at radius 2 is 1.57 bits per heavy atom. The predicted octanol–water partition coefficient (Wildman–Crippen LogP) is 2.63. The van der Waals surface area contributed by atoms with Gasteiger partial charge in [0.05, 0.1) is 5.54 Å². The van der Waals surface area contributed by atoms with Crippen LogP contribution in [0.4, 0.5) is 4.79 Å². The third-order valence-corrected chi connectivity index (χ3v) is 7.09. The maximum absolute atomic E-state index is 13.0. The number of amides is 3. The monoisotopic (exact) mass is 288 g/mol. The lowest BCUT2D eigenvalue weighted by atomic mass is 9.52. The van der Waals surface area contributed by atoms with E-state index in [1.807, 2.05) is 4.90 Å². The molecule has 6 rings (SSSR count). The summed E-state index contributed by atoms with van der Waals surface area (Å²) in [5, 5.41) is 0. The van der Waals surface area contributed by atoms with E-state index in [0.29, 0.717) is 5.92 Å². The van der Waals surface area contributed by atoms with Gasteiger partial charge in [-0.05, 0) is 68.6 Å². The van der Waals surface area contributed by atoms with E-state index in [9.17, 15) is 9.59 Å². The number of fused-ring (bicyclic) bond motifs is 1. The molecule has 4 nitrogen and oxygen atoms in total. The molecule has 2 atom stereocenters. The Morgan fingerprint density at radius 1 is 1.00 bits per heavy atom. The maximum Gasteiger partial charge on any atom is 0.327 e. The van der Waals surface area contributed by atoms with Crippen LogP contribution in [0.15, 0.2) is 0 Å². The molecule has 0 aromatic heterocycles. The number of imide groups is 1. The smallest absolute Gasteiger partial charge is 0.312 e. The number of rotatable bonds is 1. The number of carbonyl (C=O) groups is 2. The topological polar surface area (TPSA) is 40.6 Å². The van der Waals surface area contributed by atoms with E-state index in [-0.39, 0.29) is 23.5 Å². The Bertz CT molecular complexity index is 494. The molecule has 0 spiro atoms. The number of urea groups is 1. The molecule has 4 bridgehead atoms. The summed E-state index contributed by atoms with van der Waals surface area (Å²) in [5.74, 6) is 2.77. The van der Waals surface area contributed by atoms with Gasteiger partial charge in [0.15, 0.2) is 0 Å². The van der Waals surface area contributed by atoms with Crippen LogP contribution in [0.1, 0.15) is 51.9 Å². The molecule has 0 N–H and O–H groups in total. The zero-order valence-corrected chi connectivity index (χ0v) is 12.8. The number of carbonyl (C=O) groups excluding carboxylic acids is 2. The maximum atomic E-state index is 13.0. The number of nitrogens with zero attached hydrogens (tertiary/aromatic N) is 2. The largest absolute Gasteiger partial charge is 0.327 e. The highest BCUT2D eigenvalue weighted by molar-refractivity contribution is 6.05. The molecule has 2 saturated heterocycles. The molecular formula is C17H24N2O2. The van der Waals surface area contributed by atoms with Gasteiger partial charge in [0.1, 0.15) is 6.04 Å². The van der Waals surface area contributed by atoms with Crippen LogP contribution in [0.3, 0.4) is 0 Å². The fourth-order valence-corrected chi connectivity index (χ4v) is 6.67. The molecule has 6 fully saturated rings. The second-order valence-corrected chi connectivity index (χ2v) is 8.50. The Hall–Kier alpha value is -1.06. The van der Waals surface area contributed by atoms with Crippen molar-refractivity contribution in [3.8, 4) is 0 Å². The molecule has 2 unspecified atom stereocenters. The molecular weight excluding hydrogens is 264 g/mol. The van der Waals surface area contributed by atoms with Crippen LogP contribution >= 0.6 is 0 Å². The molecule has 2 heterocycles. The van der Waals surface area contributed by atoms with Gasteiger partial charge >= 0.3 is 6.03 Å². The average molecular weight is 288 g/mol. The number of hydrogen-bond donors (Lipinski definition) is 0. The Kier molecular flexibility index (Phi) is 2.27. The highest BCUT2D eigenvalue weighted by Gasteiger charge is 2.62. The van der Waals surface area contributed by atoms with Crippen molar-refractivity contribution in [1.29, 1.82) is 0 Å². The van der Waals surface area contributed by atoms with Gasteiger partial charge in [-0.2, -0.15) is 0 Å². The van der Waals surface area contributed by atoms with E-state index in [4.69, 9.17) is 0 Å². The van der Waals surface area contributed by atoms with Gasteiger partial charge in [-0.25, -0.2) is 4.79 Å². The highest BCUT2D eigenvalue weighted by Crippen LogP contribution is 2.59. The predicted molar refractivity (Wildman–Crippen MR) is 77.4 cm³/mol. The molecule has 4 heteroatoms. The zero-order valence-electron chi connectivity index (χ0n) is 12.8. The molecule has 6 aliphatic rings. The lowest BCUT2D eigenvalue weighted by Gasteiger charge is -2.59. The van der Waals surface area contributed by atoms with Gasteiger partial charge in [0.2, 0.25) is 0 Å². The summed E-state index contributed by atoms with van der Waals surface area (Å²) in [7, 11) is 0. The van der Waals surface area contributed by atoms with E-state index in [2.05, 4.69) is 6.92 Å². The van der Waals surface area contributed by atoms with Crippen LogP contribution in [-0.4, -0.2) is 39.9 Å². The van der Waals surface area contributed by atoms with Crippen molar-refractivity contribution in [2.45, 2.75) is 63.5 Å². The van der Waals surface area contributed by atoms with Gasteiger partial charge < -0.3 is 4.90 Å². The first-order valence-electron chi connectivity index (χ1n) is 8.72. The summed E-state index contributed by atoms with van der Waals surface area (Å²) >= 11 is 0. The fraction of sp³-hybridized carbons (Fsp3) is 0.882. The van der Waals surface area contributed by atoms with E-state index < -0.39 is 0 Å². The second kappa shape index (κ2) is 3.82. The first kappa shape index (κ1) is 12.5. The quantitative estimate of drug-likeness (QED) is 0.696. The first-order chi connectivity index (χ1) is 10.1. The molecule has 0 aromatic carbocycles. The van der Waals surface area contributed by atoms with E-state index in [1.165, 1.54) is 19.3 Å². The van der Waals surface area contributed by atoms with Crippen LogP contribution in [0.5, 0.6) is 0 Å². The van der Waals surface area contributed by atoms with Crippen molar-refractivity contribution in [2.75, 3.05) is 6.54 Å². The lowest BCUT2D eigenvalue weighted by Crippen LogP contribution is -2.62. The van der Waals surface area contributed by atoms with Gasteiger partial charge in [0, 0.05) is 6.54 Å². The van der Waals surface area contributed by atoms with Gasteiger partial charge in [0.25, 0.3) is 5.91 Å². The molecule has 3 amide bonds. The molecule has 4 aliphatic carbocycles. The van der Waals surface area contributed by atoms with Crippen molar-refractivity contribution in [3.05, 3.63) is 0 Å². The molecule has 21 heavy (non-hydrogen) atoms. The summed E-state index contributed by atoms with van der Waals surface area (Å²) in [4.78, 5) is 29.5. The van der Waals surface area contributed by atoms with Crippen molar-refractivity contribution in [2.24, 2.45) is 23.7 Å². The lowest BCUT2D eigenvalue weighted by molar-refractivity contribution is -0.141. The minimum atomic E-state index is -0.148. The highest BCUT2D eigenvalue weighted by atomic mass is 16.2. The SMILES string of the molecule is CC1CCN2C(=O)N(C34CC5CC(CC(C5)C3)C4)C(=O)C12. The Labute approximate surface area is 125 Å². The molecule has 114 valence electrons. The first-order valence-corrected chi connectivity index (χ1v) is 8.72. The standard InChI is InChI=1S/C17H24N2O2/c1-10-2-3-18-14(10)15(20)19(16(18)21)17-7-11-4-12(8-17)6-13(5-11)9-17/h10-14H,2-9H2,1H3. The molecule has 2 aliphatic heterocycles.